The maximum absolute atomic E-state index is 12.7. The largest absolute Gasteiger partial charge is 0.320 e. The number of fused-ring (bicyclic) bond motifs is 1. The highest BCUT2D eigenvalue weighted by molar-refractivity contribution is 6.04. The van der Waals surface area contributed by atoms with E-state index in [9.17, 15) is 4.79 Å². The standard InChI is InChI=1S/C19H17N5O/c1-13-6-7-15(24-10-8-14(2)22-24)11-16(13)21-19(25)17-12-20-18-5-3-4-9-23(17)18/h3-12H,1-2H3,(H,21,25). The topological polar surface area (TPSA) is 64.2 Å². The van der Waals surface area contributed by atoms with Crippen molar-refractivity contribution in [2.75, 3.05) is 5.32 Å². The van der Waals surface area contributed by atoms with Crippen molar-refractivity contribution in [2.24, 2.45) is 0 Å². The molecule has 4 aromatic rings. The average molecular weight is 331 g/mol. The summed E-state index contributed by atoms with van der Waals surface area (Å²) in [7, 11) is 0. The van der Waals surface area contributed by atoms with Crippen molar-refractivity contribution in [3.8, 4) is 5.69 Å². The van der Waals surface area contributed by atoms with Crippen LogP contribution in [0.2, 0.25) is 0 Å². The van der Waals surface area contributed by atoms with Gasteiger partial charge in [-0.15, -0.1) is 0 Å². The van der Waals surface area contributed by atoms with Crippen LogP contribution in [0.15, 0.2) is 61.1 Å². The Bertz CT molecular complexity index is 1080. The van der Waals surface area contributed by atoms with Crippen LogP contribution < -0.4 is 5.32 Å². The van der Waals surface area contributed by atoms with Gasteiger partial charge in [-0.05, 0) is 49.7 Å². The van der Waals surface area contributed by atoms with Crippen LogP contribution in [-0.2, 0) is 0 Å². The van der Waals surface area contributed by atoms with Gasteiger partial charge in [0, 0.05) is 18.1 Å². The number of carbonyl (C=O) groups is 1. The molecule has 0 unspecified atom stereocenters. The van der Waals surface area contributed by atoms with E-state index in [2.05, 4.69) is 15.4 Å². The van der Waals surface area contributed by atoms with Crippen LogP contribution in [-0.4, -0.2) is 25.1 Å². The molecule has 3 heterocycles. The van der Waals surface area contributed by atoms with Gasteiger partial charge in [0.15, 0.2) is 0 Å². The first-order valence-electron chi connectivity index (χ1n) is 7.98. The smallest absolute Gasteiger partial charge is 0.274 e. The van der Waals surface area contributed by atoms with E-state index in [-0.39, 0.29) is 5.91 Å². The number of anilines is 1. The van der Waals surface area contributed by atoms with Crippen LogP contribution >= 0.6 is 0 Å². The van der Waals surface area contributed by atoms with E-state index in [1.54, 1.807) is 15.3 Å². The second-order valence-corrected chi connectivity index (χ2v) is 5.93. The fourth-order valence-corrected chi connectivity index (χ4v) is 2.73. The normalized spacial score (nSPS) is 11.0. The van der Waals surface area contributed by atoms with Crippen LogP contribution in [0.4, 0.5) is 5.69 Å². The van der Waals surface area contributed by atoms with Crippen LogP contribution in [0, 0.1) is 13.8 Å². The summed E-state index contributed by atoms with van der Waals surface area (Å²) in [5, 5.41) is 7.39. The van der Waals surface area contributed by atoms with Gasteiger partial charge in [-0.2, -0.15) is 5.10 Å². The zero-order valence-electron chi connectivity index (χ0n) is 14.0. The molecule has 6 heteroatoms. The van der Waals surface area contributed by atoms with Crippen LogP contribution in [0.3, 0.4) is 0 Å². The molecule has 124 valence electrons. The van der Waals surface area contributed by atoms with E-state index in [0.717, 1.165) is 28.3 Å². The van der Waals surface area contributed by atoms with E-state index in [0.29, 0.717) is 5.69 Å². The summed E-state index contributed by atoms with van der Waals surface area (Å²) in [6.07, 6.45) is 5.31. The van der Waals surface area contributed by atoms with Gasteiger partial charge < -0.3 is 5.32 Å². The van der Waals surface area contributed by atoms with Gasteiger partial charge in [0.1, 0.15) is 11.3 Å². The lowest BCUT2D eigenvalue weighted by molar-refractivity contribution is 0.102. The number of aromatic nitrogens is 4. The highest BCUT2D eigenvalue weighted by Gasteiger charge is 2.13. The molecular weight excluding hydrogens is 314 g/mol. The predicted molar refractivity (Wildman–Crippen MR) is 96.2 cm³/mol. The first-order valence-corrected chi connectivity index (χ1v) is 7.98. The van der Waals surface area contributed by atoms with Crippen molar-refractivity contribution < 1.29 is 4.79 Å². The Balaban J connectivity index is 1.67. The van der Waals surface area contributed by atoms with Crippen molar-refractivity contribution >= 4 is 17.2 Å². The summed E-state index contributed by atoms with van der Waals surface area (Å²) < 4.78 is 3.56. The number of aryl methyl sites for hydroxylation is 2. The molecule has 25 heavy (non-hydrogen) atoms. The zero-order chi connectivity index (χ0) is 17.4. The molecule has 1 amide bonds. The van der Waals surface area contributed by atoms with Crippen LogP contribution in [0.5, 0.6) is 0 Å². The molecule has 0 fully saturated rings. The average Bonchev–Trinajstić information content (AvgIpc) is 3.23. The Labute approximate surface area is 144 Å². The van der Waals surface area contributed by atoms with E-state index in [4.69, 9.17) is 0 Å². The highest BCUT2D eigenvalue weighted by atomic mass is 16.1. The molecule has 0 aliphatic heterocycles. The van der Waals surface area contributed by atoms with E-state index >= 15 is 0 Å². The lowest BCUT2D eigenvalue weighted by Crippen LogP contribution is -2.15. The number of amides is 1. The fraction of sp³-hybridized carbons (Fsp3) is 0.105. The quantitative estimate of drug-likeness (QED) is 0.626. The highest BCUT2D eigenvalue weighted by Crippen LogP contribution is 2.20. The third-order valence-electron chi connectivity index (χ3n) is 4.11. The monoisotopic (exact) mass is 331 g/mol. The summed E-state index contributed by atoms with van der Waals surface area (Å²) in [5.74, 6) is -0.199. The number of imidazole rings is 1. The molecule has 0 saturated heterocycles. The molecule has 0 atom stereocenters. The Morgan fingerprint density at radius 2 is 1.96 bits per heavy atom. The van der Waals surface area contributed by atoms with Crippen molar-refractivity contribution in [1.82, 2.24) is 19.2 Å². The zero-order valence-corrected chi connectivity index (χ0v) is 14.0. The Morgan fingerprint density at radius 3 is 2.76 bits per heavy atom. The van der Waals surface area contributed by atoms with Crippen LogP contribution in [0.25, 0.3) is 11.3 Å². The molecule has 0 radical (unpaired) electrons. The molecule has 0 saturated carbocycles. The molecule has 1 N–H and O–H groups in total. The van der Waals surface area contributed by atoms with Gasteiger partial charge in [0.05, 0.1) is 17.6 Å². The third kappa shape index (κ3) is 2.78. The van der Waals surface area contributed by atoms with Crippen molar-refractivity contribution in [3.63, 3.8) is 0 Å². The van der Waals surface area contributed by atoms with Crippen LogP contribution in [0.1, 0.15) is 21.7 Å². The number of nitrogens with zero attached hydrogens (tertiary/aromatic N) is 4. The summed E-state index contributed by atoms with van der Waals surface area (Å²) >= 11 is 0. The number of hydrogen-bond donors (Lipinski definition) is 1. The molecule has 0 aliphatic carbocycles. The number of carbonyl (C=O) groups excluding carboxylic acids is 1. The van der Waals surface area contributed by atoms with Crippen molar-refractivity contribution in [1.29, 1.82) is 0 Å². The second-order valence-electron chi connectivity index (χ2n) is 5.93. The number of hydrogen-bond acceptors (Lipinski definition) is 3. The number of benzene rings is 1. The molecule has 0 bridgehead atoms. The van der Waals surface area contributed by atoms with E-state index in [1.165, 1.54) is 0 Å². The van der Waals surface area contributed by atoms with Gasteiger partial charge in [0.25, 0.3) is 5.91 Å². The molecule has 3 aromatic heterocycles. The summed E-state index contributed by atoms with van der Waals surface area (Å²) in [6, 6.07) is 13.4. The lowest BCUT2D eigenvalue weighted by Gasteiger charge is -2.11. The van der Waals surface area contributed by atoms with Gasteiger partial charge in [-0.3, -0.25) is 9.20 Å². The third-order valence-corrected chi connectivity index (χ3v) is 4.11. The molecule has 0 aliphatic rings. The maximum atomic E-state index is 12.7. The Kier molecular flexibility index (Phi) is 3.57. The van der Waals surface area contributed by atoms with Gasteiger partial charge in [-0.1, -0.05) is 12.1 Å². The first-order chi connectivity index (χ1) is 12.1. The lowest BCUT2D eigenvalue weighted by atomic mass is 10.1. The van der Waals surface area contributed by atoms with E-state index in [1.807, 2.05) is 68.7 Å². The molecule has 6 nitrogen and oxygen atoms in total. The van der Waals surface area contributed by atoms with Crippen molar-refractivity contribution in [2.45, 2.75) is 13.8 Å². The van der Waals surface area contributed by atoms with Crippen molar-refractivity contribution in [3.05, 3.63) is 78.0 Å². The fourth-order valence-electron chi connectivity index (χ4n) is 2.73. The molecule has 4 rings (SSSR count). The first kappa shape index (κ1) is 15.1. The summed E-state index contributed by atoms with van der Waals surface area (Å²) in [6.45, 7) is 3.90. The maximum Gasteiger partial charge on any atom is 0.274 e. The summed E-state index contributed by atoms with van der Waals surface area (Å²) in [4.78, 5) is 17.0. The van der Waals surface area contributed by atoms with Gasteiger partial charge in [0.2, 0.25) is 0 Å². The minimum Gasteiger partial charge on any atom is -0.320 e. The molecule has 0 spiro atoms. The predicted octanol–water partition coefficient (Wildman–Crippen LogP) is 3.39. The second kappa shape index (κ2) is 5.90. The molecular formula is C19H17N5O. The molecule has 1 aromatic carbocycles. The SMILES string of the molecule is Cc1ccn(-c2ccc(C)c(NC(=O)c3cnc4ccccn34)c2)n1. The summed E-state index contributed by atoms with van der Waals surface area (Å²) in [5.41, 5.74) is 4.81. The minimum atomic E-state index is -0.199. The van der Waals surface area contributed by atoms with Gasteiger partial charge >= 0.3 is 0 Å². The van der Waals surface area contributed by atoms with Gasteiger partial charge in [-0.25, -0.2) is 9.67 Å². The minimum absolute atomic E-state index is 0.199. The number of pyridine rings is 1. The number of rotatable bonds is 3. The number of nitrogens with one attached hydrogen (secondary N) is 1. The Morgan fingerprint density at radius 1 is 1.08 bits per heavy atom. The van der Waals surface area contributed by atoms with E-state index < -0.39 is 0 Å². The Hall–Kier alpha value is -3.41.